The van der Waals surface area contributed by atoms with Gasteiger partial charge in [0.15, 0.2) is 0 Å². The summed E-state index contributed by atoms with van der Waals surface area (Å²) in [5.74, 6) is -0.340. The Labute approximate surface area is 160 Å². The Morgan fingerprint density at radius 2 is 1.89 bits per heavy atom. The van der Waals surface area contributed by atoms with Crippen molar-refractivity contribution in [2.75, 3.05) is 17.3 Å². The van der Waals surface area contributed by atoms with Crippen molar-refractivity contribution < 1.29 is 19.1 Å². The van der Waals surface area contributed by atoms with Gasteiger partial charge in [-0.2, -0.15) is 0 Å². The summed E-state index contributed by atoms with van der Waals surface area (Å²) in [6.07, 6.45) is 2.36. The quantitative estimate of drug-likeness (QED) is 0.826. The molecule has 1 saturated carbocycles. The van der Waals surface area contributed by atoms with E-state index in [2.05, 4.69) is 10.6 Å². The normalized spacial score (nSPS) is 15.3. The molecule has 1 unspecified atom stereocenters. The highest BCUT2D eigenvalue weighted by molar-refractivity contribution is 5.98. The first-order valence-electron chi connectivity index (χ1n) is 9.25. The summed E-state index contributed by atoms with van der Waals surface area (Å²) in [5.41, 5.74) is 0.538. The molecule has 0 radical (unpaired) electrons. The fourth-order valence-corrected chi connectivity index (χ4v) is 2.55. The van der Waals surface area contributed by atoms with Crippen LogP contribution in [0, 0.1) is 5.92 Å². The molecule has 0 heterocycles. The maximum absolute atomic E-state index is 12.3. The average molecular weight is 375 g/mol. The van der Waals surface area contributed by atoms with Crippen LogP contribution < -0.4 is 15.5 Å². The molecule has 2 N–H and O–H groups in total. The molecule has 1 aliphatic carbocycles. The van der Waals surface area contributed by atoms with Crippen molar-refractivity contribution in [3.63, 3.8) is 0 Å². The third-order valence-electron chi connectivity index (χ3n) is 4.40. The topological polar surface area (TPSA) is 87.7 Å². The van der Waals surface area contributed by atoms with E-state index in [1.54, 1.807) is 59.0 Å². The average Bonchev–Trinajstić information content (AvgIpc) is 2.50. The van der Waals surface area contributed by atoms with E-state index in [4.69, 9.17) is 4.74 Å². The van der Waals surface area contributed by atoms with Crippen LogP contribution in [-0.2, 0) is 14.3 Å². The van der Waals surface area contributed by atoms with Crippen LogP contribution in [0.25, 0.3) is 0 Å². The number of carbonyl (C=O) groups excluding carboxylic acids is 3. The van der Waals surface area contributed by atoms with Gasteiger partial charge in [0.05, 0.1) is 0 Å². The molecule has 0 aromatic heterocycles. The van der Waals surface area contributed by atoms with Crippen LogP contribution in [-0.4, -0.2) is 36.6 Å². The first kappa shape index (κ1) is 20.7. The van der Waals surface area contributed by atoms with Crippen LogP contribution in [0.5, 0.6) is 0 Å². The van der Waals surface area contributed by atoms with E-state index in [1.165, 1.54) is 4.90 Å². The van der Waals surface area contributed by atoms with Crippen LogP contribution in [0.3, 0.4) is 0 Å². The molecule has 0 bridgehead atoms. The number of benzene rings is 1. The highest BCUT2D eigenvalue weighted by atomic mass is 16.6. The van der Waals surface area contributed by atoms with Gasteiger partial charge in [-0.15, -0.1) is 0 Å². The zero-order valence-corrected chi connectivity index (χ0v) is 16.7. The predicted octanol–water partition coefficient (Wildman–Crippen LogP) is 3.30. The van der Waals surface area contributed by atoms with Crippen molar-refractivity contribution in [1.82, 2.24) is 5.32 Å². The second-order valence-corrected chi connectivity index (χ2v) is 7.94. The third-order valence-corrected chi connectivity index (χ3v) is 4.40. The van der Waals surface area contributed by atoms with Gasteiger partial charge in [-0.3, -0.25) is 14.5 Å². The number of hydrogen-bond donors (Lipinski definition) is 2. The van der Waals surface area contributed by atoms with Crippen LogP contribution in [0.15, 0.2) is 24.3 Å². The number of nitrogens with zero attached hydrogens (tertiary/aromatic N) is 1. The summed E-state index contributed by atoms with van der Waals surface area (Å²) in [4.78, 5) is 37.9. The monoisotopic (exact) mass is 375 g/mol. The lowest BCUT2D eigenvalue weighted by atomic mass is 9.84. The van der Waals surface area contributed by atoms with Gasteiger partial charge in [0.25, 0.3) is 0 Å². The molecule has 0 saturated heterocycles. The summed E-state index contributed by atoms with van der Waals surface area (Å²) in [5, 5.41) is 5.52. The van der Waals surface area contributed by atoms with Crippen molar-refractivity contribution in [2.24, 2.45) is 5.92 Å². The number of carbonyl (C=O) groups is 3. The van der Waals surface area contributed by atoms with Gasteiger partial charge in [0, 0.05) is 24.3 Å². The SMILES string of the molecule is CC(NC(=O)C1CCC1)C(=O)Nc1cccc(N(C)C(=O)OC(C)(C)C)c1. The fourth-order valence-electron chi connectivity index (χ4n) is 2.55. The largest absolute Gasteiger partial charge is 0.443 e. The standard InChI is InChI=1S/C20H29N3O4/c1-13(21-18(25)14-8-6-9-14)17(24)22-15-10-7-11-16(12-15)23(5)19(26)27-20(2,3)4/h7,10-14H,6,8-9H2,1-5H3,(H,21,25)(H,22,24). The zero-order chi connectivity index (χ0) is 20.2. The van der Waals surface area contributed by atoms with Crippen LogP contribution in [0.4, 0.5) is 16.2 Å². The molecule has 1 atom stereocenters. The van der Waals surface area contributed by atoms with E-state index in [9.17, 15) is 14.4 Å². The summed E-state index contributed by atoms with van der Waals surface area (Å²) < 4.78 is 5.35. The van der Waals surface area contributed by atoms with Crippen molar-refractivity contribution in [3.8, 4) is 0 Å². The smallest absolute Gasteiger partial charge is 0.414 e. The minimum atomic E-state index is -0.634. The van der Waals surface area contributed by atoms with Crippen molar-refractivity contribution in [1.29, 1.82) is 0 Å². The summed E-state index contributed by atoms with van der Waals surface area (Å²) in [6.45, 7) is 7.06. The van der Waals surface area contributed by atoms with E-state index < -0.39 is 17.7 Å². The number of rotatable bonds is 5. The Hall–Kier alpha value is -2.57. The lowest BCUT2D eigenvalue weighted by Gasteiger charge is -2.26. The molecule has 148 valence electrons. The Bertz CT molecular complexity index is 707. The minimum Gasteiger partial charge on any atom is -0.443 e. The summed E-state index contributed by atoms with van der Waals surface area (Å²) in [7, 11) is 1.61. The van der Waals surface area contributed by atoms with Gasteiger partial charge in [0.2, 0.25) is 11.8 Å². The highest BCUT2D eigenvalue weighted by Gasteiger charge is 2.27. The fraction of sp³-hybridized carbons (Fsp3) is 0.550. The van der Waals surface area contributed by atoms with Crippen molar-refractivity contribution in [3.05, 3.63) is 24.3 Å². The molecule has 2 rings (SSSR count). The number of nitrogens with one attached hydrogen (secondary N) is 2. The Morgan fingerprint density at radius 3 is 2.44 bits per heavy atom. The van der Waals surface area contributed by atoms with Crippen LogP contribution in [0.1, 0.15) is 47.0 Å². The lowest BCUT2D eigenvalue weighted by Crippen LogP contribution is -2.45. The maximum atomic E-state index is 12.3. The highest BCUT2D eigenvalue weighted by Crippen LogP contribution is 2.26. The van der Waals surface area contributed by atoms with Crippen LogP contribution in [0.2, 0.25) is 0 Å². The Morgan fingerprint density at radius 1 is 1.22 bits per heavy atom. The van der Waals surface area contributed by atoms with Crippen molar-refractivity contribution >= 4 is 29.3 Å². The van der Waals surface area contributed by atoms with Crippen molar-refractivity contribution in [2.45, 2.75) is 58.6 Å². The number of anilines is 2. The Balaban J connectivity index is 1.96. The summed E-state index contributed by atoms with van der Waals surface area (Å²) >= 11 is 0. The summed E-state index contributed by atoms with van der Waals surface area (Å²) in [6, 6.07) is 6.27. The van der Waals surface area contributed by atoms with Gasteiger partial charge in [-0.25, -0.2) is 4.79 Å². The number of hydrogen-bond acceptors (Lipinski definition) is 4. The second kappa shape index (κ2) is 8.41. The molecule has 3 amide bonds. The van der Waals surface area contributed by atoms with E-state index in [-0.39, 0.29) is 17.7 Å². The molecule has 7 heteroatoms. The predicted molar refractivity (Wildman–Crippen MR) is 105 cm³/mol. The van der Waals surface area contributed by atoms with Gasteiger partial charge in [-0.1, -0.05) is 12.5 Å². The maximum Gasteiger partial charge on any atom is 0.414 e. The van der Waals surface area contributed by atoms with Gasteiger partial charge in [-0.05, 0) is 58.7 Å². The van der Waals surface area contributed by atoms with E-state index in [1.807, 2.05) is 0 Å². The third kappa shape index (κ3) is 5.98. The Kier molecular flexibility index (Phi) is 6.46. The molecule has 7 nitrogen and oxygen atoms in total. The zero-order valence-electron chi connectivity index (χ0n) is 16.7. The molecule has 0 spiro atoms. The first-order valence-corrected chi connectivity index (χ1v) is 9.25. The first-order chi connectivity index (χ1) is 12.6. The molecular formula is C20H29N3O4. The molecule has 1 fully saturated rings. The molecule has 1 aliphatic rings. The number of ether oxygens (including phenoxy) is 1. The molecule has 1 aromatic rings. The van der Waals surface area contributed by atoms with E-state index in [0.717, 1.165) is 19.3 Å². The second-order valence-electron chi connectivity index (χ2n) is 7.94. The van der Waals surface area contributed by atoms with E-state index in [0.29, 0.717) is 11.4 Å². The molecule has 1 aromatic carbocycles. The van der Waals surface area contributed by atoms with Gasteiger partial charge >= 0.3 is 6.09 Å². The molecule has 27 heavy (non-hydrogen) atoms. The number of amides is 3. The van der Waals surface area contributed by atoms with Crippen LogP contribution >= 0.6 is 0 Å². The minimum absolute atomic E-state index is 0.0334. The van der Waals surface area contributed by atoms with Gasteiger partial charge < -0.3 is 15.4 Å². The lowest BCUT2D eigenvalue weighted by molar-refractivity contribution is -0.130. The molecule has 0 aliphatic heterocycles. The van der Waals surface area contributed by atoms with E-state index >= 15 is 0 Å². The van der Waals surface area contributed by atoms with Gasteiger partial charge in [0.1, 0.15) is 11.6 Å². The molecular weight excluding hydrogens is 346 g/mol.